The van der Waals surface area contributed by atoms with E-state index < -0.39 is 0 Å². The number of nitrogens with one attached hydrogen (secondary N) is 2. The highest BCUT2D eigenvalue weighted by atomic mass is 19.1. The van der Waals surface area contributed by atoms with Gasteiger partial charge in [0.15, 0.2) is 11.5 Å². The number of anilines is 1. The Labute approximate surface area is 184 Å². The zero-order valence-corrected chi connectivity index (χ0v) is 17.5. The van der Waals surface area contributed by atoms with Gasteiger partial charge in [0, 0.05) is 36.4 Å². The van der Waals surface area contributed by atoms with Gasteiger partial charge in [0.25, 0.3) is 5.91 Å². The fraction of sp³-hybridized carbons (Fsp3) is 0.292. The molecule has 2 aromatic carbocycles. The monoisotopic (exact) mass is 433 g/mol. The zero-order chi connectivity index (χ0) is 22.1. The molecular formula is C24H24FN5O2. The van der Waals surface area contributed by atoms with Crippen LogP contribution in [0.15, 0.2) is 48.7 Å². The van der Waals surface area contributed by atoms with Crippen molar-refractivity contribution < 1.29 is 14.3 Å². The number of carbonyl (C=O) groups excluding carboxylic acids is 1. The summed E-state index contributed by atoms with van der Waals surface area (Å²) in [6, 6.07) is 12.1. The summed E-state index contributed by atoms with van der Waals surface area (Å²) in [4.78, 5) is 21.5. The quantitative estimate of drug-likeness (QED) is 0.368. The summed E-state index contributed by atoms with van der Waals surface area (Å²) in [5.41, 5.74) is 4.11. The molecule has 1 amide bonds. The maximum absolute atomic E-state index is 14.1. The Kier molecular flexibility index (Phi) is 5.45. The fourth-order valence-corrected chi connectivity index (χ4v) is 3.76. The largest absolute Gasteiger partial charge is 0.396 e. The number of halogens is 1. The lowest BCUT2D eigenvalue weighted by atomic mass is 10.1. The van der Waals surface area contributed by atoms with Crippen molar-refractivity contribution in [3.05, 3.63) is 60.0 Å². The minimum atomic E-state index is -0.351. The van der Waals surface area contributed by atoms with Gasteiger partial charge in [-0.25, -0.2) is 14.4 Å². The van der Waals surface area contributed by atoms with Crippen molar-refractivity contribution in [2.75, 3.05) is 18.5 Å². The molecule has 0 aliphatic heterocycles. The number of carbonyl (C=O) groups is 1. The fourth-order valence-electron chi connectivity index (χ4n) is 3.76. The first kappa shape index (κ1) is 20.4. The van der Waals surface area contributed by atoms with E-state index in [-0.39, 0.29) is 18.3 Å². The molecule has 1 fully saturated rings. The average Bonchev–Trinajstić information content (AvgIpc) is 3.50. The second-order valence-corrected chi connectivity index (χ2v) is 8.08. The van der Waals surface area contributed by atoms with Crippen molar-refractivity contribution in [1.82, 2.24) is 19.7 Å². The van der Waals surface area contributed by atoms with Crippen molar-refractivity contribution in [1.29, 1.82) is 0 Å². The molecule has 2 aromatic heterocycles. The molecule has 8 heteroatoms. The molecule has 1 aliphatic rings. The number of amides is 1. The van der Waals surface area contributed by atoms with Crippen LogP contribution in [-0.4, -0.2) is 44.6 Å². The highest BCUT2D eigenvalue weighted by Gasteiger charge is 2.24. The Hall–Kier alpha value is -3.52. The standard InChI is InChI=1S/C24H24FN5O2/c25-17-7-10-19-20(13-17)30-21(14-27-23(30)22(29-19)26-11-1-2-12-31)15-3-5-16(6-4-15)24(32)28-18-8-9-18/h3-7,10,13-14,18,31H,1-2,8-9,11-12H2,(H,26,29)(H,28,32). The van der Waals surface area contributed by atoms with E-state index >= 15 is 0 Å². The molecule has 0 spiro atoms. The van der Waals surface area contributed by atoms with Gasteiger partial charge in [-0.15, -0.1) is 0 Å². The van der Waals surface area contributed by atoms with E-state index in [9.17, 15) is 9.18 Å². The van der Waals surface area contributed by atoms with Crippen LogP contribution in [0.2, 0.25) is 0 Å². The molecule has 1 saturated carbocycles. The van der Waals surface area contributed by atoms with Gasteiger partial charge >= 0.3 is 0 Å². The SMILES string of the molecule is O=C(NC1CC1)c1ccc(-c2cnc3c(NCCCCO)nc4ccc(F)cc4n23)cc1. The van der Waals surface area contributed by atoms with E-state index in [0.717, 1.165) is 30.5 Å². The highest BCUT2D eigenvalue weighted by molar-refractivity contribution is 5.95. The minimum Gasteiger partial charge on any atom is -0.396 e. The normalized spacial score (nSPS) is 13.6. The van der Waals surface area contributed by atoms with Crippen LogP contribution in [0.25, 0.3) is 27.9 Å². The number of rotatable bonds is 8. The molecule has 3 N–H and O–H groups in total. The van der Waals surface area contributed by atoms with Crippen molar-refractivity contribution >= 4 is 28.4 Å². The third-order valence-electron chi connectivity index (χ3n) is 5.62. The molecule has 0 bridgehead atoms. The molecule has 4 aromatic rings. The highest BCUT2D eigenvalue weighted by Crippen LogP contribution is 2.29. The number of benzene rings is 2. The second kappa shape index (κ2) is 8.55. The zero-order valence-electron chi connectivity index (χ0n) is 17.5. The summed E-state index contributed by atoms with van der Waals surface area (Å²) < 4.78 is 16.0. The van der Waals surface area contributed by atoms with Gasteiger partial charge in [-0.3, -0.25) is 9.20 Å². The van der Waals surface area contributed by atoms with Crippen LogP contribution in [0, 0.1) is 5.82 Å². The maximum atomic E-state index is 14.1. The number of unbranched alkanes of at least 4 members (excludes halogenated alkanes) is 1. The van der Waals surface area contributed by atoms with Gasteiger partial charge in [0.05, 0.1) is 22.9 Å². The molecule has 1 aliphatic carbocycles. The average molecular weight is 433 g/mol. The summed E-state index contributed by atoms with van der Waals surface area (Å²) in [6.07, 6.45) is 5.31. The van der Waals surface area contributed by atoms with Crippen LogP contribution in [0.3, 0.4) is 0 Å². The smallest absolute Gasteiger partial charge is 0.251 e. The van der Waals surface area contributed by atoms with E-state index in [1.807, 2.05) is 16.5 Å². The molecular weight excluding hydrogens is 409 g/mol. The van der Waals surface area contributed by atoms with Gasteiger partial charge in [-0.05, 0) is 49.9 Å². The molecule has 7 nitrogen and oxygen atoms in total. The van der Waals surface area contributed by atoms with Gasteiger partial charge in [0.2, 0.25) is 0 Å². The van der Waals surface area contributed by atoms with Gasteiger partial charge in [-0.2, -0.15) is 0 Å². The van der Waals surface area contributed by atoms with Crippen LogP contribution >= 0.6 is 0 Å². The second-order valence-electron chi connectivity index (χ2n) is 8.08. The topological polar surface area (TPSA) is 91.5 Å². The number of hydrogen-bond donors (Lipinski definition) is 3. The number of aliphatic hydroxyl groups is 1. The predicted octanol–water partition coefficient (Wildman–Crippen LogP) is 3.77. The number of fused-ring (bicyclic) bond motifs is 3. The molecule has 2 heterocycles. The van der Waals surface area contributed by atoms with Crippen molar-refractivity contribution in [3.63, 3.8) is 0 Å². The van der Waals surface area contributed by atoms with Crippen LogP contribution < -0.4 is 10.6 Å². The molecule has 0 atom stereocenters. The Morgan fingerprint density at radius 1 is 1.16 bits per heavy atom. The molecule has 0 saturated heterocycles. The number of hydrogen-bond acceptors (Lipinski definition) is 5. The van der Waals surface area contributed by atoms with Crippen molar-refractivity contribution in [2.45, 2.75) is 31.7 Å². The molecule has 0 radical (unpaired) electrons. The van der Waals surface area contributed by atoms with E-state index in [1.165, 1.54) is 12.1 Å². The lowest BCUT2D eigenvalue weighted by Crippen LogP contribution is -2.25. The Balaban J connectivity index is 1.55. The number of aromatic nitrogens is 3. The molecule has 5 rings (SSSR count). The third-order valence-corrected chi connectivity index (χ3v) is 5.62. The Morgan fingerprint density at radius 2 is 1.97 bits per heavy atom. The van der Waals surface area contributed by atoms with Gasteiger partial charge in [0.1, 0.15) is 5.82 Å². The number of imidazole rings is 1. The number of nitrogens with zero attached hydrogens (tertiary/aromatic N) is 3. The lowest BCUT2D eigenvalue weighted by molar-refractivity contribution is 0.0951. The first-order chi connectivity index (χ1) is 15.6. The third kappa shape index (κ3) is 4.01. The van der Waals surface area contributed by atoms with E-state index in [1.54, 1.807) is 24.4 Å². The van der Waals surface area contributed by atoms with Gasteiger partial charge in [-0.1, -0.05) is 12.1 Å². The van der Waals surface area contributed by atoms with Crippen molar-refractivity contribution in [3.8, 4) is 11.3 Å². The Bertz CT molecular complexity index is 1280. The summed E-state index contributed by atoms with van der Waals surface area (Å²) in [5.74, 6) is 0.188. The van der Waals surface area contributed by atoms with Crippen LogP contribution in [0.1, 0.15) is 36.0 Å². The van der Waals surface area contributed by atoms with Crippen LogP contribution in [0.4, 0.5) is 10.2 Å². The lowest BCUT2D eigenvalue weighted by Gasteiger charge is -2.12. The van der Waals surface area contributed by atoms with E-state index in [2.05, 4.69) is 20.6 Å². The van der Waals surface area contributed by atoms with Crippen molar-refractivity contribution in [2.24, 2.45) is 0 Å². The van der Waals surface area contributed by atoms with Gasteiger partial charge < -0.3 is 15.7 Å². The summed E-state index contributed by atoms with van der Waals surface area (Å²) in [6.45, 7) is 0.784. The molecule has 164 valence electrons. The molecule has 32 heavy (non-hydrogen) atoms. The van der Waals surface area contributed by atoms with Crippen LogP contribution in [-0.2, 0) is 0 Å². The summed E-state index contributed by atoms with van der Waals surface area (Å²) in [7, 11) is 0. The maximum Gasteiger partial charge on any atom is 0.251 e. The van der Waals surface area contributed by atoms with E-state index in [0.29, 0.717) is 47.1 Å². The number of aliphatic hydroxyl groups excluding tert-OH is 1. The van der Waals surface area contributed by atoms with Crippen LogP contribution in [0.5, 0.6) is 0 Å². The van der Waals surface area contributed by atoms with E-state index in [4.69, 9.17) is 5.11 Å². The minimum absolute atomic E-state index is 0.0664. The predicted molar refractivity (Wildman–Crippen MR) is 121 cm³/mol. The Morgan fingerprint density at radius 3 is 2.72 bits per heavy atom. The molecule has 0 unspecified atom stereocenters. The first-order valence-electron chi connectivity index (χ1n) is 10.9. The summed E-state index contributed by atoms with van der Waals surface area (Å²) in [5, 5.41) is 15.3. The summed E-state index contributed by atoms with van der Waals surface area (Å²) >= 11 is 0. The first-order valence-corrected chi connectivity index (χ1v) is 10.9.